The van der Waals surface area contributed by atoms with E-state index in [0.29, 0.717) is 0 Å². The minimum absolute atomic E-state index is 0.177. The number of hydrogen-bond acceptors (Lipinski definition) is 2. The van der Waals surface area contributed by atoms with E-state index in [1.165, 1.54) is 0 Å². The van der Waals surface area contributed by atoms with Gasteiger partial charge in [-0.15, -0.1) is 0 Å². The van der Waals surface area contributed by atoms with Gasteiger partial charge < -0.3 is 10.4 Å². The maximum absolute atomic E-state index is 12.4. The van der Waals surface area contributed by atoms with Gasteiger partial charge in [0.15, 0.2) is 5.60 Å². The van der Waals surface area contributed by atoms with E-state index in [2.05, 4.69) is 5.32 Å². The number of halogens is 3. The van der Waals surface area contributed by atoms with Crippen molar-refractivity contribution < 1.29 is 18.3 Å². The van der Waals surface area contributed by atoms with Crippen LogP contribution in [0.4, 0.5) is 13.2 Å². The van der Waals surface area contributed by atoms with Gasteiger partial charge in [-0.2, -0.15) is 13.2 Å². The summed E-state index contributed by atoms with van der Waals surface area (Å²) in [5, 5.41) is 12.5. The molecule has 2 fully saturated rings. The van der Waals surface area contributed by atoms with Gasteiger partial charge in [0, 0.05) is 12.0 Å². The van der Waals surface area contributed by atoms with Gasteiger partial charge in [-0.05, 0) is 25.8 Å². The normalized spacial score (nSPS) is 37.8. The number of hydrogen-bond donors (Lipinski definition) is 2. The first kappa shape index (κ1) is 9.27. The van der Waals surface area contributed by atoms with E-state index < -0.39 is 17.3 Å². The van der Waals surface area contributed by atoms with Crippen LogP contribution in [-0.2, 0) is 0 Å². The van der Waals surface area contributed by atoms with Gasteiger partial charge in [-0.3, -0.25) is 0 Å². The van der Waals surface area contributed by atoms with E-state index in [0.717, 1.165) is 12.8 Å². The average Bonchev–Trinajstić information content (AvgIpc) is 2.66. The highest BCUT2D eigenvalue weighted by Crippen LogP contribution is 2.50. The molecule has 1 heterocycles. The molecule has 0 aromatic heterocycles. The lowest BCUT2D eigenvalue weighted by Crippen LogP contribution is -2.57. The summed E-state index contributed by atoms with van der Waals surface area (Å²) in [7, 11) is 0. The van der Waals surface area contributed by atoms with Crippen molar-refractivity contribution in [2.75, 3.05) is 6.54 Å². The number of alkyl halides is 3. The molecule has 0 amide bonds. The molecule has 0 unspecified atom stereocenters. The molecule has 2 nitrogen and oxygen atoms in total. The van der Waals surface area contributed by atoms with E-state index in [1.807, 2.05) is 0 Å². The van der Waals surface area contributed by atoms with Crippen molar-refractivity contribution >= 4 is 0 Å². The Morgan fingerprint density at radius 3 is 2.23 bits per heavy atom. The van der Waals surface area contributed by atoms with Crippen LogP contribution in [0.25, 0.3) is 0 Å². The molecule has 1 aliphatic heterocycles. The Balaban J connectivity index is 2.14. The zero-order valence-corrected chi connectivity index (χ0v) is 7.12. The molecule has 0 radical (unpaired) electrons. The molecule has 1 aliphatic carbocycles. The summed E-state index contributed by atoms with van der Waals surface area (Å²) in [6.45, 7) is 0.260. The van der Waals surface area contributed by atoms with E-state index in [-0.39, 0.29) is 19.4 Å². The maximum Gasteiger partial charge on any atom is 0.417 e. The summed E-state index contributed by atoms with van der Waals surface area (Å²) >= 11 is 0. The lowest BCUT2D eigenvalue weighted by atomic mass is 9.85. The average molecular weight is 195 g/mol. The van der Waals surface area contributed by atoms with Crippen molar-refractivity contribution in [1.29, 1.82) is 0 Å². The van der Waals surface area contributed by atoms with Crippen molar-refractivity contribution in [3.63, 3.8) is 0 Å². The summed E-state index contributed by atoms with van der Waals surface area (Å²) in [6.07, 6.45) is -3.37. The molecule has 2 rings (SSSR count). The second-order valence-electron chi connectivity index (χ2n) is 4.16. The fraction of sp³-hybridized carbons (Fsp3) is 1.00. The molecule has 0 aromatic rings. The van der Waals surface area contributed by atoms with Crippen LogP contribution in [0.15, 0.2) is 0 Å². The van der Waals surface area contributed by atoms with Crippen molar-refractivity contribution in [2.24, 2.45) is 0 Å². The zero-order valence-electron chi connectivity index (χ0n) is 7.12. The van der Waals surface area contributed by atoms with Crippen LogP contribution in [0.3, 0.4) is 0 Å². The Morgan fingerprint density at radius 1 is 1.15 bits per heavy atom. The first-order valence-electron chi connectivity index (χ1n) is 4.41. The van der Waals surface area contributed by atoms with Gasteiger partial charge in [0.25, 0.3) is 0 Å². The number of piperidine rings is 1. The third-order valence-electron chi connectivity index (χ3n) is 3.05. The fourth-order valence-corrected chi connectivity index (χ4v) is 1.99. The third kappa shape index (κ3) is 1.44. The molecule has 2 aliphatic rings. The SMILES string of the molecule is O[C@]1(C(F)(F)F)CCNC2(CC2)C1. The van der Waals surface area contributed by atoms with Gasteiger partial charge in [0.2, 0.25) is 0 Å². The van der Waals surface area contributed by atoms with Crippen LogP contribution in [0.2, 0.25) is 0 Å². The Kier molecular flexibility index (Phi) is 1.70. The van der Waals surface area contributed by atoms with Crippen LogP contribution in [-0.4, -0.2) is 29.0 Å². The molecule has 76 valence electrons. The van der Waals surface area contributed by atoms with Crippen molar-refractivity contribution in [3.8, 4) is 0 Å². The molecular weight excluding hydrogens is 183 g/mol. The van der Waals surface area contributed by atoms with Gasteiger partial charge in [0.1, 0.15) is 0 Å². The van der Waals surface area contributed by atoms with Gasteiger partial charge >= 0.3 is 6.18 Å². The molecule has 1 atom stereocenters. The quantitative estimate of drug-likeness (QED) is 0.608. The second-order valence-corrected chi connectivity index (χ2v) is 4.16. The topological polar surface area (TPSA) is 32.3 Å². The van der Waals surface area contributed by atoms with E-state index in [9.17, 15) is 18.3 Å². The minimum atomic E-state index is -4.48. The lowest BCUT2D eigenvalue weighted by Gasteiger charge is -2.39. The Hall–Kier alpha value is -0.290. The molecule has 0 bridgehead atoms. The van der Waals surface area contributed by atoms with Crippen LogP contribution >= 0.6 is 0 Å². The first-order valence-corrected chi connectivity index (χ1v) is 4.41. The van der Waals surface area contributed by atoms with E-state index in [4.69, 9.17) is 0 Å². The molecule has 5 heteroatoms. The monoisotopic (exact) mass is 195 g/mol. The molecular formula is C8H12F3NO. The first-order chi connectivity index (χ1) is 5.87. The highest BCUT2D eigenvalue weighted by molar-refractivity contribution is 5.11. The predicted octanol–water partition coefficient (Wildman–Crippen LogP) is 1.20. The predicted molar refractivity (Wildman–Crippen MR) is 40.2 cm³/mol. The summed E-state index contributed by atoms with van der Waals surface area (Å²) in [5.41, 5.74) is -2.85. The van der Waals surface area contributed by atoms with Crippen LogP contribution < -0.4 is 5.32 Å². The molecule has 13 heavy (non-hydrogen) atoms. The van der Waals surface area contributed by atoms with E-state index >= 15 is 0 Å². The molecule has 1 spiro atoms. The summed E-state index contributed by atoms with van der Waals surface area (Å²) in [6, 6.07) is 0. The van der Waals surface area contributed by atoms with Crippen LogP contribution in [0.1, 0.15) is 25.7 Å². The smallest absolute Gasteiger partial charge is 0.380 e. The summed E-state index contributed by atoms with van der Waals surface area (Å²) in [4.78, 5) is 0. The molecule has 1 saturated carbocycles. The zero-order chi connectivity index (χ0) is 9.74. The standard InChI is InChI=1S/C8H12F3NO/c9-8(10,11)7(13)3-4-12-6(5-7)1-2-6/h12-13H,1-5H2/t7-/m1/s1. The number of nitrogens with one attached hydrogen (secondary N) is 1. The third-order valence-corrected chi connectivity index (χ3v) is 3.05. The summed E-state index contributed by atoms with van der Waals surface area (Å²) in [5.74, 6) is 0. The van der Waals surface area contributed by atoms with Crippen molar-refractivity contribution in [2.45, 2.75) is 43.0 Å². The Labute approximate surface area is 74.1 Å². The lowest BCUT2D eigenvalue weighted by molar-refractivity contribution is -0.272. The van der Waals surface area contributed by atoms with Crippen LogP contribution in [0.5, 0.6) is 0 Å². The largest absolute Gasteiger partial charge is 0.417 e. The van der Waals surface area contributed by atoms with Crippen molar-refractivity contribution in [3.05, 3.63) is 0 Å². The maximum atomic E-state index is 12.4. The molecule has 0 aromatic carbocycles. The molecule has 1 saturated heterocycles. The van der Waals surface area contributed by atoms with Gasteiger partial charge in [0.05, 0.1) is 0 Å². The van der Waals surface area contributed by atoms with Gasteiger partial charge in [-0.1, -0.05) is 0 Å². The second kappa shape index (κ2) is 2.39. The highest BCUT2D eigenvalue weighted by atomic mass is 19.4. The van der Waals surface area contributed by atoms with E-state index in [1.54, 1.807) is 0 Å². The highest BCUT2D eigenvalue weighted by Gasteiger charge is 2.61. The fourth-order valence-electron chi connectivity index (χ4n) is 1.99. The molecule has 2 N–H and O–H groups in total. The number of rotatable bonds is 0. The Morgan fingerprint density at radius 2 is 1.77 bits per heavy atom. The van der Waals surface area contributed by atoms with Crippen LogP contribution in [0, 0.1) is 0 Å². The van der Waals surface area contributed by atoms with Crippen molar-refractivity contribution in [1.82, 2.24) is 5.32 Å². The Bertz CT molecular complexity index is 224. The minimum Gasteiger partial charge on any atom is -0.380 e. The van der Waals surface area contributed by atoms with Gasteiger partial charge in [-0.25, -0.2) is 0 Å². The summed E-state index contributed by atoms with van der Waals surface area (Å²) < 4.78 is 37.3. The number of aliphatic hydroxyl groups is 1.